The molecule has 0 saturated carbocycles. The lowest BCUT2D eigenvalue weighted by Crippen LogP contribution is -2.39. The van der Waals surface area contributed by atoms with E-state index in [1.54, 1.807) is 6.07 Å². The van der Waals surface area contributed by atoms with E-state index in [1.807, 2.05) is 0 Å². The number of hydrogen-bond acceptors (Lipinski definition) is 6. The number of phosphoric ester groups is 1. The van der Waals surface area contributed by atoms with Crippen molar-refractivity contribution < 1.29 is 32.0 Å². The summed E-state index contributed by atoms with van der Waals surface area (Å²) in [6.45, 7) is 0. The number of halogens is 3. The third-order valence-corrected chi connectivity index (χ3v) is 4.21. The highest BCUT2D eigenvalue weighted by Crippen LogP contribution is 2.47. The number of aromatic nitrogens is 4. The SMILES string of the molecule is Nc1nc2c(ncn2C(c2ccccc2)C(F)C(F)(F)OP(=O)(O)O)c(=O)[nH]1. The quantitative estimate of drug-likeness (QED) is 0.436. The summed E-state index contributed by atoms with van der Waals surface area (Å²) in [4.78, 5) is 39.0. The van der Waals surface area contributed by atoms with E-state index < -0.39 is 31.7 Å². The highest BCUT2D eigenvalue weighted by Gasteiger charge is 2.52. The maximum Gasteiger partial charge on any atom is 0.474 e. The molecule has 5 N–H and O–H groups in total. The molecule has 150 valence electrons. The number of aromatic amines is 1. The first-order chi connectivity index (χ1) is 13.0. The van der Waals surface area contributed by atoms with Crippen LogP contribution in [0.4, 0.5) is 19.1 Å². The minimum atomic E-state index is -5.72. The number of H-pyrrole nitrogens is 1. The second-order valence-electron chi connectivity index (χ2n) is 5.68. The molecule has 10 nitrogen and oxygen atoms in total. The van der Waals surface area contributed by atoms with Crippen LogP contribution in [0.2, 0.25) is 0 Å². The van der Waals surface area contributed by atoms with Gasteiger partial charge in [0.15, 0.2) is 11.2 Å². The molecule has 3 rings (SSSR count). The Balaban J connectivity index is 2.20. The Kier molecular flexibility index (Phi) is 5.02. The number of nitrogens with zero attached hydrogens (tertiary/aromatic N) is 3. The van der Waals surface area contributed by atoms with Crippen molar-refractivity contribution in [3.8, 4) is 0 Å². The predicted octanol–water partition coefficient (Wildman–Crippen LogP) is 1.33. The number of phosphoric acid groups is 1. The molecule has 0 spiro atoms. The van der Waals surface area contributed by atoms with Gasteiger partial charge >= 0.3 is 13.9 Å². The lowest BCUT2D eigenvalue weighted by atomic mass is 10.0. The fraction of sp³-hybridized carbons (Fsp3) is 0.214. The monoisotopic (exact) mass is 419 g/mol. The largest absolute Gasteiger partial charge is 0.474 e. The van der Waals surface area contributed by atoms with Gasteiger partial charge in [-0.3, -0.25) is 9.78 Å². The minimum Gasteiger partial charge on any atom is -0.369 e. The van der Waals surface area contributed by atoms with E-state index in [0.29, 0.717) is 0 Å². The highest BCUT2D eigenvalue weighted by molar-refractivity contribution is 7.46. The van der Waals surface area contributed by atoms with Crippen molar-refractivity contribution in [1.29, 1.82) is 0 Å². The summed E-state index contributed by atoms with van der Waals surface area (Å²) >= 11 is 0. The molecule has 0 fully saturated rings. The lowest BCUT2D eigenvalue weighted by molar-refractivity contribution is -0.234. The molecule has 1 aromatic carbocycles. The zero-order valence-electron chi connectivity index (χ0n) is 13.7. The average Bonchev–Trinajstić information content (AvgIpc) is 2.98. The number of benzene rings is 1. The molecular weight excluding hydrogens is 406 g/mol. The van der Waals surface area contributed by atoms with E-state index in [0.717, 1.165) is 10.9 Å². The summed E-state index contributed by atoms with van der Waals surface area (Å²) in [5, 5.41) is 0. The highest BCUT2D eigenvalue weighted by atomic mass is 31.2. The molecule has 0 aliphatic heterocycles. The second-order valence-corrected chi connectivity index (χ2v) is 6.84. The van der Waals surface area contributed by atoms with E-state index in [1.165, 1.54) is 24.3 Å². The Morgan fingerprint density at radius 2 is 1.93 bits per heavy atom. The topological polar surface area (TPSA) is 156 Å². The molecule has 2 aromatic heterocycles. The third kappa shape index (κ3) is 3.92. The molecule has 2 heterocycles. The molecular formula is C14H13F3N5O5P. The summed E-state index contributed by atoms with van der Waals surface area (Å²) in [5.74, 6) is -0.361. The number of nitrogen functional groups attached to an aromatic ring is 1. The van der Waals surface area contributed by atoms with Gasteiger partial charge in [0, 0.05) is 0 Å². The van der Waals surface area contributed by atoms with E-state index in [4.69, 9.17) is 15.5 Å². The Morgan fingerprint density at radius 1 is 1.29 bits per heavy atom. The predicted molar refractivity (Wildman–Crippen MR) is 90.1 cm³/mol. The molecule has 2 unspecified atom stereocenters. The Hall–Kier alpha value is -2.73. The van der Waals surface area contributed by atoms with Crippen LogP contribution in [0, 0.1) is 0 Å². The van der Waals surface area contributed by atoms with Gasteiger partial charge in [0.1, 0.15) is 6.04 Å². The summed E-state index contributed by atoms with van der Waals surface area (Å²) in [7, 11) is -5.72. The van der Waals surface area contributed by atoms with E-state index in [9.17, 15) is 22.5 Å². The number of hydrogen-bond donors (Lipinski definition) is 4. The van der Waals surface area contributed by atoms with Gasteiger partial charge in [0.25, 0.3) is 5.56 Å². The summed E-state index contributed by atoms with van der Waals surface area (Å²) in [6.07, 6.45) is -7.28. The molecule has 0 radical (unpaired) electrons. The first kappa shape index (κ1) is 20.0. The number of rotatable bonds is 6. The van der Waals surface area contributed by atoms with Crippen LogP contribution >= 0.6 is 7.82 Å². The van der Waals surface area contributed by atoms with Gasteiger partial charge in [0.05, 0.1) is 6.33 Å². The van der Waals surface area contributed by atoms with Crippen molar-refractivity contribution in [2.75, 3.05) is 5.73 Å². The van der Waals surface area contributed by atoms with Crippen LogP contribution in [0.15, 0.2) is 41.5 Å². The number of anilines is 1. The maximum absolute atomic E-state index is 14.9. The molecule has 0 aliphatic carbocycles. The number of nitrogens with two attached hydrogens (primary N) is 1. The molecule has 0 bridgehead atoms. The van der Waals surface area contributed by atoms with Crippen molar-refractivity contribution in [3.05, 3.63) is 52.6 Å². The molecule has 0 saturated heterocycles. The molecule has 0 aliphatic rings. The van der Waals surface area contributed by atoms with Crippen molar-refractivity contribution in [2.24, 2.45) is 0 Å². The van der Waals surface area contributed by atoms with Crippen LogP contribution in [-0.4, -0.2) is 41.6 Å². The van der Waals surface area contributed by atoms with E-state index in [2.05, 4.69) is 19.5 Å². The standard InChI is InChI=1S/C14H13F3N5O5P/c15-10(14(16,17)27-28(24,25)26)9(7-4-2-1-3-5-7)22-6-19-8-11(22)20-13(18)21-12(8)23/h1-6,9-10H,(H2,24,25,26)(H3,18,20,21,23). The molecule has 28 heavy (non-hydrogen) atoms. The maximum atomic E-state index is 14.9. The van der Waals surface area contributed by atoms with E-state index in [-0.39, 0.29) is 22.7 Å². The van der Waals surface area contributed by atoms with Gasteiger partial charge in [-0.15, -0.1) is 0 Å². The van der Waals surface area contributed by atoms with Gasteiger partial charge < -0.3 is 20.1 Å². The van der Waals surface area contributed by atoms with Crippen LogP contribution in [-0.2, 0) is 9.09 Å². The van der Waals surface area contributed by atoms with Crippen LogP contribution < -0.4 is 11.3 Å². The van der Waals surface area contributed by atoms with Crippen molar-refractivity contribution in [3.63, 3.8) is 0 Å². The number of imidazole rings is 1. The average molecular weight is 419 g/mol. The van der Waals surface area contributed by atoms with Gasteiger partial charge in [-0.05, 0) is 5.56 Å². The number of alkyl halides is 3. The van der Waals surface area contributed by atoms with Crippen molar-refractivity contribution in [1.82, 2.24) is 19.5 Å². The first-order valence-corrected chi connectivity index (χ1v) is 9.08. The minimum absolute atomic E-state index is 0.0241. The Bertz CT molecular complexity index is 1100. The van der Waals surface area contributed by atoms with Crippen LogP contribution in [0.25, 0.3) is 11.2 Å². The normalized spacial score (nSPS) is 14.9. The van der Waals surface area contributed by atoms with Gasteiger partial charge in [-0.25, -0.2) is 18.5 Å². The van der Waals surface area contributed by atoms with Gasteiger partial charge in [-0.1, -0.05) is 30.3 Å². The van der Waals surface area contributed by atoms with Crippen molar-refractivity contribution >= 4 is 24.9 Å². The zero-order chi connectivity index (χ0) is 20.7. The molecule has 3 aromatic rings. The van der Waals surface area contributed by atoms with Gasteiger partial charge in [0.2, 0.25) is 12.1 Å². The van der Waals surface area contributed by atoms with Crippen LogP contribution in [0.5, 0.6) is 0 Å². The fourth-order valence-corrected chi connectivity index (χ4v) is 3.08. The summed E-state index contributed by atoms with van der Waals surface area (Å²) in [6, 6.07) is 5.11. The Morgan fingerprint density at radius 3 is 2.54 bits per heavy atom. The fourth-order valence-electron chi connectivity index (χ4n) is 2.66. The van der Waals surface area contributed by atoms with E-state index >= 15 is 0 Å². The molecule has 2 atom stereocenters. The molecule has 14 heteroatoms. The first-order valence-electron chi connectivity index (χ1n) is 7.55. The number of fused-ring (bicyclic) bond motifs is 1. The zero-order valence-corrected chi connectivity index (χ0v) is 14.6. The number of nitrogens with one attached hydrogen (secondary N) is 1. The summed E-state index contributed by atoms with van der Waals surface area (Å²) in [5.41, 5.74) is 4.07. The second kappa shape index (κ2) is 7.02. The van der Waals surface area contributed by atoms with Crippen molar-refractivity contribution in [2.45, 2.75) is 18.3 Å². The van der Waals surface area contributed by atoms with Gasteiger partial charge in [-0.2, -0.15) is 13.8 Å². The molecule has 0 amide bonds. The lowest BCUT2D eigenvalue weighted by Gasteiger charge is -2.28. The third-order valence-electron chi connectivity index (χ3n) is 3.73. The Labute approximate surface area is 154 Å². The van der Waals surface area contributed by atoms with Crippen LogP contribution in [0.1, 0.15) is 11.6 Å². The van der Waals surface area contributed by atoms with Crippen LogP contribution in [0.3, 0.4) is 0 Å². The smallest absolute Gasteiger partial charge is 0.369 e. The summed E-state index contributed by atoms with van der Waals surface area (Å²) < 4.78 is 58.3.